The molecule has 92 valence electrons. The molecule has 1 heterocycles. The van der Waals surface area contributed by atoms with Crippen LogP contribution in [0, 0.1) is 0 Å². The first-order chi connectivity index (χ1) is 7.74. The summed E-state index contributed by atoms with van der Waals surface area (Å²) in [6.45, 7) is 7.54. The molecule has 0 aliphatic rings. The number of nitrogens with zero attached hydrogens (tertiary/aromatic N) is 1. The lowest BCUT2D eigenvalue weighted by molar-refractivity contribution is 0.244. The summed E-state index contributed by atoms with van der Waals surface area (Å²) >= 11 is 0. The quantitative estimate of drug-likeness (QED) is 0.688. The summed E-state index contributed by atoms with van der Waals surface area (Å²) in [5.41, 5.74) is 1.21. The monoisotopic (exact) mass is 224 g/mol. The van der Waals surface area contributed by atoms with E-state index in [1.54, 1.807) is 12.5 Å². The molecule has 0 saturated heterocycles. The van der Waals surface area contributed by atoms with Crippen LogP contribution in [0.2, 0.25) is 0 Å². The van der Waals surface area contributed by atoms with Gasteiger partial charge < -0.3 is 14.6 Å². The maximum absolute atomic E-state index is 5.01. The minimum absolute atomic E-state index is 0.681. The van der Waals surface area contributed by atoms with Gasteiger partial charge in [-0.05, 0) is 26.5 Å². The Morgan fingerprint density at radius 1 is 1.50 bits per heavy atom. The van der Waals surface area contributed by atoms with Gasteiger partial charge in [0.25, 0.3) is 0 Å². The van der Waals surface area contributed by atoms with Crippen molar-refractivity contribution in [1.29, 1.82) is 0 Å². The Morgan fingerprint density at radius 2 is 2.31 bits per heavy atom. The molecule has 1 rings (SSSR count). The largest absolute Gasteiger partial charge is 0.472 e. The number of hydrogen-bond acceptors (Lipinski definition) is 3. The summed E-state index contributed by atoms with van der Waals surface area (Å²) in [5, 5.41) is 3.41. The van der Waals surface area contributed by atoms with Gasteiger partial charge in [0, 0.05) is 31.2 Å². The standard InChI is InChI=1S/C13H24N2O/c1-4-5-12(2)15(3)8-7-14-10-13-6-9-16-11-13/h6,9,11-12,14H,4-5,7-8,10H2,1-3H3. The zero-order chi connectivity index (χ0) is 11.8. The summed E-state index contributed by atoms with van der Waals surface area (Å²) in [6, 6.07) is 2.68. The van der Waals surface area contributed by atoms with Crippen LogP contribution >= 0.6 is 0 Å². The van der Waals surface area contributed by atoms with E-state index in [1.807, 2.05) is 6.07 Å². The number of hydrogen-bond donors (Lipinski definition) is 1. The molecule has 0 saturated carbocycles. The van der Waals surface area contributed by atoms with Crippen LogP contribution in [0.3, 0.4) is 0 Å². The predicted molar refractivity (Wildman–Crippen MR) is 67.4 cm³/mol. The van der Waals surface area contributed by atoms with Crippen molar-refractivity contribution in [3.8, 4) is 0 Å². The van der Waals surface area contributed by atoms with Crippen molar-refractivity contribution in [3.63, 3.8) is 0 Å². The van der Waals surface area contributed by atoms with Crippen LogP contribution in [0.25, 0.3) is 0 Å². The van der Waals surface area contributed by atoms with Crippen molar-refractivity contribution in [2.75, 3.05) is 20.1 Å². The van der Waals surface area contributed by atoms with E-state index in [0.717, 1.165) is 19.6 Å². The van der Waals surface area contributed by atoms with Gasteiger partial charge in [-0.3, -0.25) is 0 Å². The molecule has 1 aromatic heterocycles. The molecule has 0 fully saturated rings. The summed E-state index contributed by atoms with van der Waals surface area (Å²) in [7, 11) is 2.19. The van der Waals surface area contributed by atoms with Gasteiger partial charge in [0.05, 0.1) is 12.5 Å². The number of furan rings is 1. The minimum Gasteiger partial charge on any atom is -0.472 e. The third-order valence-electron chi connectivity index (χ3n) is 3.01. The van der Waals surface area contributed by atoms with Crippen molar-refractivity contribution in [1.82, 2.24) is 10.2 Å². The van der Waals surface area contributed by atoms with Crippen LogP contribution in [0.15, 0.2) is 23.0 Å². The van der Waals surface area contributed by atoms with Crippen LogP contribution < -0.4 is 5.32 Å². The Bertz CT molecular complexity index is 259. The van der Waals surface area contributed by atoms with Crippen molar-refractivity contribution in [2.24, 2.45) is 0 Å². The average Bonchev–Trinajstić information content (AvgIpc) is 2.77. The Labute approximate surface area is 98.8 Å². The van der Waals surface area contributed by atoms with Gasteiger partial charge in [-0.15, -0.1) is 0 Å². The fourth-order valence-electron chi connectivity index (χ4n) is 1.74. The fraction of sp³-hybridized carbons (Fsp3) is 0.692. The van der Waals surface area contributed by atoms with Crippen LogP contribution in [0.1, 0.15) is 32.3 Å². The Balaban J connectivity index is 2.06. The lowest BCUT2D eigenvalue weighted by atomic mass is 10.2. The second-order valence-electron chi connectivity index (χ2n) is 4.43. The molecule has 0 spiro atoms. The first-order valence-corrected chi connectivity index (χ1v) is 6.16. The maximum Gasteiger partial charge on any atom is 0.0947 e. The SMILES string of the molecule is CCCC(C)N(C)CCNCc1ccoc1. The Hall–Kier alpha value is -0.800. The smallest absolute Gasteiger partial charge is 0.0947 e. The maximum atomic E-state index is 5.01. The molecule has 1 unspecified atom stereocenters. The number of likely N-dealkylation sites (N-methyl/N-ethyl adjacent to an activating group) is 1. The molecular weight excluding hydrogens is 200 g/mol. The molecule has 0 radical (unpaired) electrons. The lowest BCUT2D eigenvalue weighted by Crippen LogP contribution is -2.35. The van der Waals surface area contributed by atoms with Crippen LogP contribution in [0.4, 0.5) is 0 Å². The molecule has 1 aromatic rings. The molecule has 0 bridgehead atoms. The highest BCUT2D eigenvalue weighted by molar-refractivity contribution is 5.04. The molecule has 3 nitrogen and oxygen atoms in total. The van der Waals surface area contributed by atoms with Gasteiger partial charge >= 0.3 is 0 Å². The lowest BCUT2D eigenvalue weighted by Gasteiger charge is -2.24. The highest BCUT2D eigenvalue weighted by atomic mass is 16.3. The fourth-order valence-corrected chi connectivity index (χ4v) is 1.74. The van der Waals surface area contributed by atoms with E-state index in [1.165, 1.54) is 18.4 Å². The highest BCUT2D eigenvalue weighted by Crippen LogP contribution is 2.03. The minimum atomic E-state index is 0.681. The van der Waals surface area contributed by atoms with Gasteiger partial charge in [-0.2, -0.15) is 0 Å². The first-order valence-electron chi connectivity index (χ1n) is 6.16. The Morgan fingerprint density at radius 3 is 2.94 bits per heavy atom. The van der Waals surface area contributed by atoms with Crippen molar-refractivity contribution >= 4 is 0 Å². The first kappa shape index (κ1) is 13.3. The second-order valence-corrected chi connectivity index (χ2v) is 4.43. The zero-order valence-electron chi connectivity index (χ0n) is 10.7. The van der Waals surface area contributed by atoms with Gasteiger partial charge in [-0.25, -0.2) is 0 Å². The third kappa shape index (κ3) is 4.81. The third-order valence-corrected chi connectivity index (χ3v) is 3.01. The molecule has 1 N–H and O–H groups in total. The molecular formula is C13H24N2O. The van der Waals surface area contributed by atoms with E-state index in [9.17, 15) is 0 Å². The van der Waals surface area contributed by atoms with Crippen LogP contribution in [-0.4, -0.2) is 31.1 Å². The van der Waals surface area contributed by atoms with E-state index in [2.05, 4.69) is 31.1 Å². The molecule has 0 aliphatic heterocycles. The Kier molecular flexibility index (Phi) is 6.19. The predicted octanol–water partition coefficient (Wildman–Crippen LogP) is 2.49. The van der Waals surface area contributed by atoms with Crippen molar-refractivity contribution in [2.45, 2.75) is 39.3 Å². The normalized spacial score (nSPS) is 13.2. The molecule has 0 aromatic carbocycles. The molecule has 0 aliphatic carbocycles. The van der Waals surface area contributed by atoms with Gasteiger partial charge in [0.15, 0.2) is 0 Å². The molecule has 3 heteroatoms. The van der Waals surface area contributed by atoms with E-state index in [0.29, 0.717) is 6.04 Å². The zero-order valence-corrected chi connectivity index (χ0v) is 10.7. The van der Waals surface area contributed by atoms with Crippen molar-refractivity contribution in [3.05, 3.63) is 24.2 Å². The van der Waals surface area contributed by atoms with E-state index in [-0.39, 0.29) is 0 Å². The topological polar surface area (TPSA) is 28.4 Å². The van der Waals surface area contributed by atoms with E-state index in [4.69, 9.17) is 4.42 Å². The summed E-state index contributed by atoms with van der Waals surface area (Å²) in [6.07, 6.45) is 6.04. The summed E-state index contributed by atoms with van der Waals surface area (Å²) in [4.78, 5) is 2.41. The van der Waals surface area contributed by atoms with Crippen LogP contribution in [-0.2, 0) is 6.54 Å². The van der Waals surface area contributed by atoms with Gasteiger partial charge in [-0.1, -0.05) is 13.3 Å². The second kappa shape index (κ2) is 7.47. The summed E-state index contributed by atoms with van der Waals surface area (Å²) in [5.74, 6) is 0. The van der Waals surface area contributed by atoms with Crippen molar-refractivity contribution < 1.29 is 4.42 Å². The highest BCUT2D eigenvalue weighted by Gasteiger charge is 2.06. The number of nitrogens with one attached hydrogen (secondary N) is 1. The van der Waals surface area contributed by atoms with E-state index < -0.39 is 0 Å². The van der Waals surface area contributed by atoms with Gasteiger partial charge in [0.1, 0.15) is 0 Å². The van der Waals surface area contributed by atoms with E-state index >= 15 is 0 Å². The molecule has 16 heavy (non-hydrogen) atoms. The average molecular weight is 224 g/mol. The summed E-state index contributed by atoms with van der Waals surface area (Å²) < 4.78 is 5.01. The van der Waals surface area contributed by atoms with Gasteiger partial charge in [0.2, 0.25) is 0 Å². The van der Waals surface area contributed by atoms with Crippen LogP contribution in [0.5, 0.6) is 0 Å². The number of rotatable bonds is 8. The molecule has 0 amide bonds. The molecule has 1 atom stereocenters.